The maximum Gasteiger partial charge on any atom is 0.239 e. The van der Waals surface area contributed by atoms with Gasteiger partial charge < -0.3 is 10.6 Å². The lowest BCUT2D eigenvalue weighted by atomic mass is 10.2. The van der Waals surface area contributed by atoms with Crippen molar-refractivity contribution in [2.24, 2.45) is 5.73 Å². The lowest BCUT2D eigenvalue weighted by Gasteiger charge is -2.35. The van der Waals surface area contributed by atoms with Crippen molar-refractivity contribution < 1.29 is 9.18 Å². The first-order chi connectivity index (χ1) is 9.06. The van der Waals surface area contributed by atoms with Crippen LogP contribution in [0.1, 0.15) is 12.5 Å². The van der Waals surface area contributed by atoms with Gasteiger partial charge >= 0.3 is 0 Å². The lowest BCUT2D eigenvalue weighted by Crippen LogP contribution is -2.52. The van der Waals surface area contributed by atoms with Gasteiger partial charge in [-0.15, -0.1) is 0 Å². The van der Waals surface area contributed by atoms with Crippen LogP contribution in [0.15, 0.2) is 24.3 Å². The molecule has 1 saturated heterocycles. The summed E-state index contributed by atoms with van der Waals surface area (Å²) in [7, 11) is 0. The Labute approximate surface area is 113 Å². The maximum absolute atomic E-state index is 13.1. The highest BCUT2D eigenvalue weighted by atomic mass is 19.1. The minimum Gasteiger partial charge on any atom is -0.339 e. The highest BCUT2D eigenvalue weighted by Gasteiger charge is 2.22. The average Bonchev–Trinajstić information content (AvgIpc) is 2.39. The molecule has 1 aliphatic heterocycles. The molecule has 1 aromatic rings. The van der Waals surface area contributed by atoms with E-state index < -0.39 is 6.04 Å². The number of hydrogen-bond donors (Lipinski definition) is 1. The van der Waals surface area contributed by atoms with Crippen LogP contribution in [0.2, 0.25) is 0 Å². The summed E-state index contributed by atoms with van der Waals surface area (Å²) in [6.45, 7) is 5.41. The molecule has 0 spiro atoms. The van der Waals surface area contributed by atoms with Crippen LogP contribution < -0.4 is 5.73 Å². The predicted molar refractivity (Wildman–Crippen MR) is 71.9 cm³/mol. The van der Waals surface area contributed by atoms with Gasteiger partial charge in [0.25, 0.3) is 0 Å². The monoisotopic (exact) mass is 265 g/mol. The van der Waals surface area contributed by atoms with Crippen molar-refractivity contribution in [1.82, 2.24) is 9.80 Å². The molecular formula is C14H20FN3O. The Kier molecular flexibility index (Phi) is 4.50. The highest BCUT2D eigenvalue weighted by Crippen LogP contribution is 2.10. The molecule has 2 N–H and O–H groups in total. The second-order valence-electron chi connectivity index (χ2n) is 5.02. The minimum atomic E-state index is -0.435. The number of piperazine rings is 1. The van der Waals surface area contributed by atoms with Gasteiger partial charge in [0.15, 0.2) is 0 Å². The Morgan fingerprint density at radius 2 is 2.05 bits per heavy atom. The number of nitrogens with two attached hydrogens (primary N) is 1. The van der Waals surface area contributed by atoms with E-state index in [1.165, 1.54) is 6.07 Å². The van der Waals surface area contributed by atoms with Gasteiger partial charge in [0.1, 0.15) is 5.82 Å². The Hall–Kier alpha value is -1.46. The highest BCUT2D eigenvalue weighted by molar-refractivity contribution is 5.81. The zero-order valence-corrected chi connectivity index (χ0v) is 11.2. The second kappa shape index (κ2) is 6.12. The fraction of sp³-hybridized carbons (Fsp3) is 0.500. The number of benzene rings is 1. The fourth-order valence-corrected chi connectivity index (χ4v) is 2.31. The van der Waals surface area contributed by atoms with E-state index in [0.29, 0.717) is 13.1 Å². The van der Waals surface area contributed by atoms with Crippen molar-refractivity contribution >= 4 is 5.91 Å². The summed E-state index contributed by atoms with van der Waals surface area (Å²) in [4.78, 5) is 15.8. The van der Waals surface area contributed by atoms with Gasteiger partial charge in [0.05, 0.1) is 6.04 Å². The van der Waals surface area contributed by atoms with Crippen LogP contribution in [-0.4, -0.2) is 47.9 Å². The quantitative estimate of drug-likeness (QED) is 0.880. The van der Waals surface area contributed by atoms with Gasteiger partial charge in [-0.1, -0.05) is 12.1 Å². The largest absolute Gasteiger partial charge is 0.339 e. The summed E-state index contributed by atoms with van der Waals surface area (Å²) in [5.74, 6) is -0.200. The van der Waals surface area contributed by atoms with Gasteiger partial charge in [-0.3, -0.25) is 9.69 Å². The molecule has 5 heteroatoms. The molecule has 1 aromatic carbocycles. The van der Waals surface area contributed by atoms with Crippen molar-refractivity contribution in [2.75, 3.05) is 26.2 Å². The number of amides is 1. The molecule has 0 aliphatic carbocycles. The Morgan fingerprint density at radius 1 is 1.37 bits per heavy atom. The summed E-state index contributed by atoms with van der Waals surface area (Å²) >= 11 is 0. The normalized spacial score (nSPS) is 18.4. The van der Waals surface area contributed by atoms with Crippen molar-refractivity contribution in [2.45, 2.75) is 19.5 Å². The Balaban J connectivity index is 1.85. The van der Waals surface area contributed by atoms with Crippen molar-refractivity contribution in [3.63, 3.8) is 0 Å². The minimum absolute atomic E-state index is 0.00501. The van der Waals surface area contributed by atoms with Crippen LogP contribution in [0.25, 0.3) is 0 Å². The van der Waals surface area contributed by atoms with Crippen molar-refractivity contribution in [3.8, 4) is 0 Å². The number of halogens is 1. The molecular weight excluding hydrogens is 245 g/mol. The number of rotatable bonds is 3. The first-order valence-electron chi connectivity index (χ1n) is 6.57. The van der Waals surface area contributed by atoms with E-state index in [1.807, 2.05) is 6.07 Å². The number of carbonyl (C=O) groups excluding carboxylic acids is 1. The molecule has 4 nitrogen and oxygen atoms in total. The van der Waals surface area contributed by atoms with Gasteiger partial charge in [-0.05, 0) is 24.6 Å². The summed E-state index contributed by atoms with van der Waals surface area (Å²) in [6.07, 6.45) is 0. The SMILES string of the molecule is CC(N)C(=O)N1CCN(Cc2cccc(F)c2)CC1. The van der Waals surface area contributed by atoms with E-state index in [2.05, 4.69) is 4.90 Å². The summed E-state index contributed by atoms with van der Waals surface area (Å²) in [5, 5.41) is 0. The topological polar surface area (TPSA) is 49.6 Å². The van der Waals surface area contributed by atoms with Gasteiger partial charge in [0, 0.05) is 32.7 Å². The second-order valence-corrected chi connectivity index (χ2v) is 5.02. The molecule has 1 heterocycles. The van der Waals surface area contributed by atoms with Crippen LogP contribution in [0.3, 0.4) is 0 Å². The fourth-order valence-electron chi connectivity index (χ4n) is 2.31. The third kappa shape index (κ3) is 3.75. The third-order valence-corrected chi connectivity index (χ3v) is 3.37. The molecule has 0 saturated carbocycles. The van der Waals surface area contributed by atoms with E-state index in [1.54, 1.807) is 24.0 Å². The van der Waals surface area contributed by atoms with Crippen LogP contribution in [0, 0.1) is 5.82 Å². The molecule has 0 aromatic heterocycles. The summed E-state index contributed by atoms with van der Waals surface area (Å²) < 4.78 is 13.1. The first kappa shape index (κ1) is 14.0. The molecule has 0 bridgehead atoms. The molecule has 1 unspecified atom stereocenters. The van der Waals surface area contributed by atoms with Crippen LogP contribution in [0.4, 0.5) is 4.39 Å². The Morgan fingerprint density at radius 3 is 2.63 bits per heavy atom. The standard InChI is InChI=1S/C14H20FN3O/c1-11(16)14(19)18-7-5-17(6-8-18)10-12-3-2-4-13(15)9-12/h2-4,9,11H,5-8,10,16H2,1H3. The molecule has 104 valence electrons. The van der Waals surface area contributed by atoms with Gasteiger partial charge in [-0.2, -0.15) is 0 Å². The average molecular weight is 265 g/mol. The van der Waals surface area contributed by atoms with E-state index >= 15 is 0 Å². The number of nitrogens with zero attached hydrogens (tertiary/aromatic N) is 2. The van der Waals surface area contributed by atoms with Crippen molar-refractivity contribution in [1.29, 1.82) is 0 Å². The third-order valence-electron chi connectivity index (χ3n) is 3.37. The molecule has 2 rings (SSSR count). The Bertz CT molecular complexity index is 442. The predicted octanol–water partition coefficient (Wildman–Crippen LogP) is 0.817. The number of hydrogen-bond acceptors (Lipinski definition) is 3. The van der Waals surface area contributed by atoms with E-state index in [4.69, 9.17) is 5.73 Å². The molecule has 19 heavy (non-hydrogen) atoms. The summed E-state index contributed by atoms with van der Waals surface area (Å²) in [5.41, 5.74) is 6.56. The number of carbonyl (C=O) groups is 1. The first-order valence-corrected chi connectivity index (χ1v) is 6.57. The molecule has 1 atom stereocenters. The molecule has 0 radical (unpaired) electrons. The van der Waals surface area contributed by atoms with E-state index in [-0.39, 0.29) is 11.7 Å². The smallest absolute Gasteiger partial charge is 0.239 e. The van der Waals surface area contributed by atoms with Crippen LogP contribution >= 0.6 is 0 Å². The zero-order valence-electron chi connectivity index (χ0n) is 11.2. The van der Waals surface area contributed by atoms with Crippen LogP contribution in [-0.2, 0) is 11.3 Å². The zero-order chi connectivity index (χ0) is 13.8. The van der Waals surface area contributed by atoms with Gasteiger partial charge in [-0.25, -0.2) is 4.39 Å². The van der Waals surface area contributed by atoms with Crippen molar-refractivity contribution in [3.05, 3.63) is 35.6 Å². The maximum atomic E-state index is 13.1. The van der Waals surface area contributed by atoms with Crippen LogP contribution in [0.5, 0.6) is 0 Å². The molecule has 1 aliphatic rings. The van der Waals surface area contributed by atoms with Gasteiger partial charge in [0.2, 0.25) is 5.91 Å². The molecule has 1 fully saturated rings. The summed E-state index contributed by atoms with van der Waals surface area (Å²) in [6, 6.07) is 6.21. The molecule has 1 amide bonds. The van der Waals surface area contributed by atoms with E-state index in [9.17, 15) is 9.18 Å². The lowest BCUT2D eigenvalue weighted by molar-refractivity contribution is -0.134. The van der Waals surface area contributed by atoms with E-state index in [0.717, 1.165) is 25.2 Å².